The molecule has 2 aromatic rings. The van der Waals surface area contributed by atoms with Crippen molar-refractivity contribution in [3.63, 3.8) is 0 Å². The molecule has 0 aliphatic heterocycles. The van der Waals surface area contributed by atoms with E-state index in [1.54, 1.807) is 13.0 Å². The molecule has 0 spiro atoms. The molecule has 0 radical (unpaired) electrons. The number of nitrogens with zero attached hydrogens (tertiary/aromatic N) is 2. The monoisotopic (exact) mass is 311 g/mol. The van der Waals surface area contributed by atoms with Gasteiger partial charge >= 0.3 is 0 Å². The standard InChI is InChI=1S/C15H19ClFN3O/c1-3-18-15(21)5-7-20-13-8-10(2)11(17)9-12(13)19-14(20)4-6-16/h8-9H,3-7H2,1-2H3,(H,18,21). The number of benzene rings is 1. The summed E-state index contributed by atoms with van der Waals surface area (Å²) in [4.78, 5) is 16.1. The SMILES string of the molecule is CCNC(=O)CCn1c(CCCl)nc2cc(F)c(C)cc21. The fraction of sp³-hybridized carbons (Fsp3) is 0.467. The molecule has 4 nitrogen and oxygen atoms in total. The van der Waals surface area contributed by atoms with E-state index >= 15 is 0 Å². The van der Waals surface area contributed by atoms with Crippen LogP contribution in [0.5, 0.6) is 0 Å². The highest BCUT2D eigenvalue weighted by molar-refractivity contribution is 6.17. The Morgan fingerprint density at radius 2 is 2.24 bits per heavy atom. The number of hydrogen-bond acceptors (Lipinski definition) is 2. The van der Waals surface area contributed by atoms with Gasteiger partial charge in [0.25, 0.3) is 0 Å². The molecular formula is C15H19ClFN3O. The molecule has 114 valence electrons. The van der Waals surface area contributed by atoms with Gasteiger partial charge in [0.1, 0.15) is 11.6 Å². The zero-order chi connectivity index (χ0) is 15.4. The summed E-state index contributed by atoms with van der Waals surface area (Å²) in [6.45, 7) is 4.73. The summed E-state index contributed by atoms with van der Waals surface area (Å²) in [5.41, 5.74) is 2.02. The number of amides is 1. The van der Waals surface area contributed by atoms with Crippen molar-refractivity contribution in [1.82, 2.24) is 14.9 Å². The van der Waals surface area contributed by atoms with E-state index in [1.807, 2.05) is 11.5 Å². The van der Waals surface area contributed by atoms with Crippen molar-refractivity contribution in [3.05, 3.63) is 29.3 Å². The Kier molecular flexibility index (Phi) is 5.17. The van der Waals surface area contributed by atoms with Gasteiger partial charge in [-0.1, -0.05) is 0 Å². The van der Waals surface area contributed by atoms with E-state index in [2.05, 4.69) is 10.3 Å². The first-order valence-electron chi connectivity index (χ1n) is 7.04. The highest BCUT2D eigenvalue weighted by Gasteiger charge is 2.13. The lowest BCUT2D eigenvalue weighted by Gasteiger charge is -2.09. The van der Waals surface area contributed by atoms with Gasteiger partial charge in [-0.15, -0.1) is 11.6 Å². The van der Waals surface area contributed by atoms with Crippen LogP contribution in [0.3, 0.4) is 0 Å². The zero-order valence-electron chi connectivity index (χ0n) is 12.2. The molecule has 0 atom stereocenters. The van der Waals surface area contributed by atoms with Gasteiger partial charge in [0.15, 0.2) is 0 Å². The third kappa shape index (κ3) is 3.53. The minimum absolute atomic E-state index is 0.00462. The lowest BCUT2D eigenvalue weighted by atomic mass is 10.2. The molecule has 0 aliphatic carbocycles. The van der Waals surface area contributed by atoms with Gasteiger partial charge in [0.05, 0.1) is 11.0 Å². The third-order valence-electron chi connectivity index (χ3n) is 3.36. The van der Waals surface area contributed by atoms with Crippen LogP contribution >= 0.6 is 11.6 Å². The Balaban J connectivity index is 2.36. The van der Waals surface area contributed by atoms with Crippen LogP contribution in [-0.2, 0) is 17.8 Å². The average Bonchev–Trinajstić information content (AvgIpc) is 2.75. The summed E-state index contributed by atoms with van der Waals surface area (Å²) in [6, 6.07) is 3.21. The van der Waals surface area contributed by atoms with Gasteiger partial charge < -0.3 is 9.88 Å². The van der Waals surface area contributed by atoms with Crippen molar-refractivity contribution in [2.75, 3.05) is 12.4 Å². The van der Waals surface area contributed by atoms with Gasteiger partial charge in [-0.05, 0) is 25.5 Å². The molecule has 21 heavy (non-hydrogen) atoms. The number of nitrogens with one attached hydrogen (secondary N) is 1. The maximum atomic E-state index is 13.7. The number of rotatable bonds is 6. The largest absolute Gasteiger partial charge is 0.356 e. The summed E-state index contributed by atoms with van der Waals surface area (Å²) in [5.74, 6) is 0.948. The van der Waals surface area contributed by atoms with E-state index in [0.29, 0.717) is 42.9 Å². The zero-order valence-corrected chi connectivity index (χ0v) is 13.0. The van der Waals surface area contributed by atoms with Gasteiger partial charge in [-0.2, -0.15) is 0 Å². The Bertz CT molecular complexity index is 654. The van der Waals surface area contributed by atoms with Crippen molar-refractivity contribution >= 4 is 28.5 Å². The van der Waals surface area contributed by atoms with Crippen molar-refractivity contribution in [2.45, 2.75) is 33.2 Å². The van der Waals surface area contributed by atoms with Crippen LogP contribution in [0.4, 0.5) is 4.39 Å². The molecule has 1 amide bonds. The molecule has 1 N–H and O–H groups in total. The number of imidazole rings is 1. The number of alkyl halides is 1. The highest BCUT2D eigenvalue weighted by atomic mass is 35.5. The Hall–Kier alpha value is -1.62. The van der Waals surface area contributed by atoms with E-state index in [4.69, 9.17) is 11.6 Å². The lowest BCUT2D eigenvalue weighted by Crippen LogP contribution is -2.24. The van der Waals surface area contributed by atoms with Gasteiger partial charge in [0, 0.05) is 37.9 Å². The first kappa shape index (κ1) is 15.8. The number of aryl methyl sites for hydroxylation is 3. The minimum Gasteiger partial charge on any atom is -0.356 e. The van der Waals surface area contributed by atoms with Crippen molar-refractivity contribution < 1.29 is 9.18 Å². The molecule has 2 rings (SSSR count). The Labute approximate surface area is 128 Å². The van der Waals surface area contributed by atoms with Crippen LogP contribution < -0.4 is 5.32 Å². The van der Waals surface area contributed by atoms with Gasteiger partial charge in [-0.25, -0.2) is 9.37 Å². The number of carbonyl (C=O) groups is 1. The smallest absolute Gasteiger partial charge is 0.221 e. The molecular weight excluding hydrogens is 293 g/mol. The molecule has 0 saturated heterocycles. The maximum Gasteiger partial charge on any atom is 0.221 e. The fourth-order valence-corrected chi connectivity index (χ4v) is 2.49. The van der Waals surface area contributed by atoms with Crippen LogP contribution in [0, 0.1) is 12.7 Å². The first-order valence-corrected chi connectivity index (χ1v) is 7.58. The van der Waals surface area contributed by atoms with E-state index in [9.17, 15) is 9.18 Å². The molecule has 0 saturated carbocycles. The van der Waals surface area contributed by atoms with E-state index in [0.717, 1.165) is 11.3 Å². The van der Waals surface area contributed by atoms with Crippen LogP contribution in [0.25, 0.3) is 11.0 Å². The highest BCUT2D eigenvalue weighted by Crippen LogP contribution is 2.21. The average molecular weight is 312 g/mol. The van der Waals surface area contributed by atoms with E-state index in [-0.39, 0.29) is 11.7 Å². The lowest BCUT2D eigenvalue weighted by molar-refractivity contribution is -0.121. The Morgan fingerprint density at radius 1 is 1.48 bits per heavy atom. The van der Waals surface area contributed by atoms with Crippen LogP contribution in [0.1, 0.15) is 24.7 Å². The van der Waals surface area contributed by atoms with E-state index in [1.165, 1.54) is 6.07 Å². The van der Waals surface area contributed by atoms with Crippen LogP contribution in [0.15, 0.2) is 12.1 Å². The third-order valence-corrected chi connectivity index (χ3v) is 3.55. The van der Waals surface area contributed by atoms with Crippen molar-refractivity contribution in [3.8, 4) is 0 Å². The second-order valence-corrected chi connectivity index (χ2v) is 5.29. The topological polar surface area (TPSA) is 46.9 Å². The predicted molar refractivity (Wildman–Crippen MR) is 82.2 cm³/mol. The summed E-state index contributed by atoms with van der Waals surface area (Å²) in [7, 11) is 0. The van der Waals surface area contributed by atoms with E-state index < -0.39 is 0 Å². The number of carbonyl (C=O) groups excluding carboxylic acids is 1. The summed E-state index contributed by atoms with van der Waals surface area (Å²) in [5, 5.41) is 2.77. The summed E-state index contributed by atoms with van der Waals surface area (Å²) < 4.78 is 15.6. The van der Waals surface area contributed by atoms with Crippen molar-refractivity contribution in [2.24, 2.45) is 0 Å². The normalized spacial score (nSPS) is 11.0. The number of halogens is 2. The first-order chi connectivity index (χ1) is 10.1. The molecule has 1 aromatic carbocycles. The van der Waals surface area contributed by atoms with Gasteiger partial charge in [-0.3, -0.25) is 4.79 Å². The van der Waals surface area contributed by atoms with Crippen molar-refractivity contribution in [1.29, 1.82) is 0 Å². The predicted octanol–water partition coefficient (Wildman–Crippen LogP) is 2.79. The van der Waals surface area contributed by atoms with Crippen LogP contribution in [0.2, 0.25) is 0 Å². The molecule has 0 bridgehead atoms. The maximum absolute atomic E-state index is 13.7. The van der Waals surface area contributed by atoms with Gasteiger partial charge in [0.2, 0.25) is 5.91 Å². The number of hydrogen-bond donors (Lipinski definition) is 1. The quantitative estimate of drug-likeness (QED) is 0.834. The molecule has 1 aromatic heterocycles. The fourth-order valence-electron chi connectivity index (χ4n) is 2.32. The second kappa shape index (κ2) is 6.89. The second-order valence-electron chi connectivity index (χ2n) is 4.91. The summed E-state index contributed by atoms with van der Waals surface area (Å²) in [6.07, 6.45) is 0.956. The molecule has 0 fully saturated rings. The molecule has 6 heteroatoms. The Morgan fingerprint density at radius 3 is 2.90 bits per heavy atom. The minimum atomic E-state index is -0.270. The molecule has 0 aliphatic rings. The summed E-state index contributed by atoms with van der Waals surface area (Å²) >= 11 is 5.80. The number of aromatic nitrogens is 2. The molecule has 1 heterocycles. The molecule has 0 unspecified atom stereocenters. The van der Waals surface area contributed by atoms with Crippen LogP contribution in [-0.4, -0.2) is 27.9 Å². The number of fused-ring (bicyclic) bond motifs is 1.